The van der Waals surface area contributed by atoms with Crippen LogP contribution in [0.1, 0.15) is 16.1 Å². The van der Waals surface area contributed by atoms with E-state index in [1.807, 2.05) is 0 Å². The second kappa shape index (κ2) is 6.45. The lowest BCUT2D eigenvalue weighted by Crippen LogP contribution is -2.23. The van der Waals surface area contributed by atoms with Crippen LogP contribution in [0.15, 0.2) is 45.8 Å². The Kier molecular flexibility index (Phi) is 4.45. The minimum Gasteiger partial charge on any atom is -0.506 e. The number of aromatic hydroxyl groups is 1. The number of carbonyl (C=O) groups is 1. The van der Waals surface area contributed by atoms with E-state index in [-0.39, 0.29) is 11.1 Å². The Labute approximate surface area is 151 Å². The molecule has 0 atom stereocenters. The van der Waals surface area contributed by atoms with Crippen molar-refractivity contribution in [1.29, 1.82) is 0 Å². The van der Waals surface area contributed by atoms with Gasteiger partial charge in [0.2, 0.25) is 0 Å². The van der Waals surface area contributed by atoms with Crippen LogP contribution in [-0.4, -0.2) is 21.0 Å². The second-order valence-corrected chi connectivity index (χ2v) is 6.17. The van der Waals surface area contributed by atoms with Gasteiger partial charge in [-0.15, -0.1) is 0 Å². The van der Waals surface area contributed by atoms with Crippen molar-refractivity contribution in [3.05, 3.63) is 62.6 Å². The number of benzene rings is 1. The molecule has 0 fully saturated rings. The summed E-state index contributed by atoms with van der Waals surface area (Å²) in [6.07, 6.45) is -3.80. The third-order valence-electron chi connectivity index (χ3n) is 3.49. The molecule has 0 spiro atoms. The van der Waals surface area contributed by atoms with E-state index < -0.39 is 34.6 Å². The number of pyridine rings is 2. The Morgan fingerprint density at radius 2 is 1.96 bits per heavy atom. The molecule has 3 N–H and O–H groups in total. The summed E-state index contributed by atoms with van der Waals surface area (Å²) in [6.45, 7) is 0. The summed E-state index contributed by atoms with van der Waals surface area (Å²) in [4.78, 5) is 30.1. The van der Waals surface area contributed by atoms with Crippen molar-refractivity contribution in [2.24, 2.45) is 0 Å². The molecule has 10 heteroatoms. The number of fused-ring (bicyclic) bond motifs is 1. The molecule has 0 aliphatic heterocycles. The van der Waals surface area contributed by atoms with Crippen molar-refractivity contribution in [1.82, 2.24) is 9.97 Å². The van der Waals surface area contributed by atoms with Crippen LogP contribution in [0.25, 0.3) is 10.9 Å². The number of rotatable bonds is 2. The first-order valence-corrected chi connectivity index (χ1v) is 7.85. The minimum absolute atomic E-state index is 0.0591. The number of aromatic amines is 1. The number of hydrogen-bond donors (Lipinski definition) is 3. The van der Waals surface area contributed by atoms with Gasteiger partial charge in [-0.3, -0.25) is 9.59 Å². The van der Waals surface area contributed by atoms with Crippen molar-refractivity contribution in [2.75, 3.05) is 5.32 Å². The average molecular weight is 428 g/mol. The maximum Gasteiger partial charge on any atom is 0.433 e. The van der Waals surface area contributed by atoms with E-state index >= 15 is 0 Å². The quantitative estimate of drug-likeness (QED) is 0.581. The fourth-order valence-corrected chi connectivity index (χ4v) is 2.65. The fourth-order valence-electron chi connectivity index (χ4n) is 2.29. The number of hydrogen-bond acceptors (Lipinski definition) is 4. The van der Waals surface area contributed by atoms with Gasteiger partial charge in [-0.1, -0.05) is 15.9 Å². The highest BCUT2D eigenvalue weighted by molar-refractivity contribution is 9.10. The van der Waals surface area contributed by atoms with E-state index in [1.54, 1.807) is 12.1 Å². The number of alkyl halides is 3. The van der Waals surface area contributed by atoms with Gasteiger partial charge < -0.3 is 15.4 Å². The number of amides is 1. The first kappa shape index (κ1) is 17.9. The summed E-state index contributed by atoms with van der Waals surface area (Å²) >= 11 is 3.22. The minimum atomic E-state index is -4.61. The summed E-state index contributed by atoms with van der Waals surface area (Å²) in [7, 11) is 0. The Balaban J connectivity index is 1.96. The predicted octanol–water partition coefficient (Wildman–Crippen LogP) is 3.66. The average Bonchev–Trinajstić information content (AvgIpc) is 2.55. The van der Waals surface area contributed by atoms with Crippen LogP contribution >= 0.6 is 15.9 Å². The normalized spacial score (nSPS) is 11.5. The number of H-pyrrole nitrogens is 1. The van der Waals surface area contributed by atoms with Crippen LogP contribution in [0, 0.1) is 0 Å². The first-order chi connectivity index (χ1) is 12.2. The molecule has 134 valence electrons. The molecule has 0 aliphatic carbocycles. The van der Waals surface area contributed by atoms with Crippen molar-refractivity contribution in [3.8, 4) is 5.75 Å². The smallest absolute Gasteiger partial charge is 0.433 e. The third kappa shape index (κ3) is 3.40. The maximum atomic E-state index is 12.5. The van der Waals surface area contributed by atoms with Gasteiger partial charge in [-0.2, -0.15) is 13.2 Å². The van der Waals surface area contributed by atoms with E-state index in [1.165, 1.54) is 6.07 Å². The zero-order valence-corrected chi connectivity index (χ0v) is 14.3. The molecule has 0 unspecified atom stereocenters. The molecule has 3 rings (SSSR count). The highest BCUT2D eigenvalue weighted by Gasteiger charge is 2.32. The molecule has 0 radical (unpaired) electrons. The Bertz CT molecular complexity index is 1060. The number of nitrogens with zero attached hydrogens (tertiary/aromatic N) is 1. The molecule has 1 amide bonds. The molecule has 0 bridgehead atoms. The molecule has 2 heterocycles. The van der Waals surface area contributed by atoms with Crippen molar-refractivity contribution >= 4 is 38.4 Å². The van der Waals surface area contributed by atoms with Gasteiger partial charge in [0.1, 0.15) is 17.0 Å². The van der Waals surface area contributed by atoms with Crippen LogP contribution in [0.5, 0.6) is 5.75 Å². The van der Waals surface area contributed by atoms with Crippen molar-refractivity contribution in [3.63, 3.8) is 0 Å². The van der Waals surface area contributed by atoms with Crippen LogP contribution in [0.4, 0.5) is 18.9 Å². The topological polar surface area (TPSA) is 95.1 Å². The lowest BCUT2D eigenvalue weighted by molar-refractivity contribution is -0.141. The number of carbonyl (C=O) groups excluding carboxylic acids is 1. The maximum absolute atomic E-state index is 12.5. The summed E-state index contributed by atoms with van der Waals surface area (Å²) in [5.41, 5.74) is -2.25. The molecule has 0 saturated heterocycles. The van der Waals surface area contributed by atoms with Crippen LogP contribution in [0.3, 0.4) is 0 Å². The van der Waals surface area contributed by atoms with Gasteiger partial charge in [-0.25, -0.2) is 4.98 Å². The fraction of sp³-hybridized carbons (Fsp3) is 0.0625. The third-order valence-corrected chi connectivity index (χ3v) is 3.98. The standard InChI is InChI=1S/C16H9BrF3N3O3/c17-7-1-3-10-9(5-7)13(24)12(15(26)23-10)14(25)22-8-2-4-11(21-6-8)16(18,19)20/h1-6H,(H,22,25)(H2,23,24,26). The molecular weight excluding hydrogens is 419 g/mol. The zero-order valence-electron chi connectivity index (χ0n) is 12.7. The SMILES string of the molecule is O=C(Nc1ccc(C(F)(F)F)nc1)c1c(O)c2cc(Br)ccc2[nH]c1=O. The molecule has 6 nitrogen and oxygen atoms in total. The predicted molar refractivity (Wildman–Crippen MR) is 91.1 cm³/mol. The van der Waals surface area contributed by atoms with E-state index in [9.17, 15) is 27.9 Å². The lowest BCUT2D eigenvalue weighted by Gasteiger charge is -2.10. The summed E-state index contributed by atoms with van der Waals surface area (Å²) in [6, 6.07) is 6.39. The van der Waals surface area contributed by atoms with E-state index in [0.717, 1.165) is 12.3 Å². The van der Waals surface area contributed by atoms with Gasteiger partial charge in [0.05, 0.1) is 17.4 Å². The Morgan fingerprint density at radius 3 is 2.58 bits per heavy atom. The summed E-state index contributed by atoms with van der Waals surface area (Å²) < 4.78 is 38.1. The molecule has 0 saturated carbocycles. The highest BCUT2D eigenvalue weighted by atomic mass is 79.9. The van der Waals surface area contributed by atoms with Gasteiger partial charge in [0.25, 0.3) is 11.5 Å². The highest BCUT2D eigenvalue weighted by Crippen LogP contribution is 2.29. The number of anilines is 1. The van der Waals surface area contributed by atoms with Crippen molar-refractivity contribution < 1.29 is 23.1 Å². The molecule has 2 aromatic heterocycles. The van der Waals surface area contributed by atoms with E-state index in [2.05, 4.69) is 31.2 Å². The number of nitrogens with one attached hydrogen (secondary N) is 2. The van der Waals surface area contributed by atoms with E-state index in [0.29, 0.717) is 16.1 Å². The summed E-state index contributed by atoms with van der Waals surface area (Å²) in [5.74, 6) is -1.52. The van der Waals surface area contributed by atoms with Crippen molar-refractivity contribution in [2.45, 2.75) is 6.18 Å². The van der Waals surface area contributed by atoms with E-state index in [4.69, 9.17) is 0 Å². The zero-order chi connectivity index (χ0) is 19.1. The second-order valence-electron chi connectivity index (χ2n) is 5.25. The van der Waals surface area contributed by atoms with Gasteiger partial charge in [-0.05, 0) is 30.3 Å². The Hall–Kier alpha value is -2.88. The van der Waals surface area contributed by atoms with Crippen LogP contribution in [0.2, 0.25) is 0 Å². The monoisotopic (exact) mass is 427 g/mol. The molecule has 0 aliphatic rings. The molecule has 26 heavy (non-hydrogen) atoms. The van der Waals surface area contributed by atoms with Gasteiger partial charge in [0, 0.05) is 9.86 Å². The lowest BCUT2D eigenvalue weighted by atomic mass is 10.1. The molecule has 3 aromatic rings. The summed E-state index contributed by atoms with van der Waals surface area (Å²) in [5, 5.41) is 12.8. The Morgan fingerprint density at radius 1 is 1.23 bits per heavy atom. The number of aromatic nitrogens is 2. The first-order valence-electron chi connectivity index (χ1n) is 7.06. The van der Waals surface area contributed by atoms with Gasteiger partial charge >= 0.3 is 6.18 Å². The largest absolute Gasteiger partial charge is 0.506 e. The van der Waals surface area contributed by atoms with Crippen LogP contribution < -0.4 is 10.9 Å². The molecule has 1 aromatic carbocycles. The van der Waals surface area contributed by atoms with Gasteiger partial charge in [0.15, 0.2) is 0 Å². The molecular formula is C16H9BrF3N3O3. The number of halogens is 4. The van der Waals surface area contributed by atoms with Crippen LogP contribution in [-0.2, 0) is 6.18 Å².